The first kappa shape index (κ1) is 15.5. The van der Waals surface area contributed by atoms with E-state index in [2.05, 4.69) is 5.32 Å². The molecule has 1 aliphatic heterocycles. The van der Waals surface area contributed by atoms with Crippen LogP contribution in [-0.4, -0.2) is 46.4 Å². The number of carboxylic acid groups (broad SMARTS) is 1. The third-order valence-corrected chi connectivity index (χ3v) is 4.39. The summed E-state index contributed by atoms with van der Waals surface area (Å²) < 4.78 is 0. The maximum absolute atomic E-state index is 12.4. The quantitative estimate of drug-likeness (QED) is 0.878. The standard InChI is InChI=1S/C14H18N2O4S/c1-9(14(19)20)15-12(17)10-5-2-3-7-16(10)13(18)11-6-4-8-21-11/h4,6,8-10H,2-3,5,7H2,1H3,(H,15,17)(H,19,20). The SMILES string of the molecule is CC(NC(=O)C1CCCCN1C(=O)c1cccs1)C(=O)O. The summed E-state index contributed by atoms with van der Waals surface area (Å²) in [6.45, 7) is 1.94. The van der Waals surface area contributed by atoms with Crippen molar-refractivity contribution in [3.05, 3.63) is 22.4 Å². The molecule has 0 radical (unpaired) electrons. The summed E-state index contributed by atoms with van der Waals surface area (Å²) in [5, 5.41) is 13.1. The Morgan fingerprint density at radius 1 is 1.43 bits per heavy atom. The molecular formula is C14H18N2O4S. The molecule has 0 bridgehead atoms. The fourth-order valence-electron chi connectivity index (χ4n) is 2.36. The molecule has 2 amide bonds. The van der Waals surface area contributed by atoms with E-state index >= 15 is 0 Å². The van der Waals surface area contributed by atoms with E-state index in [1.807, 2.05) is 5.38 Å². The number of hydrogen-bond acceptors (Lipinski definition) is 4. The van der Waals surface area contributed by atoms with Crippen molar-refractivity contribution in [1.82, 2.24) is 10.2 Å². The first-order chi connectivity index (χ1) is 10.0. The number of thiophene rings is 1. The van der Waals surface area contributed by atoms with Crippen molar-refractivity contribution in [3.8, 4) is 0 Å². The predicted molar refractivity (Wildman–Crippen MR) is 78.2 cm³/mol. The maximum atomic E-state index is 12.4. The van der Waals surface area contributed by atoms with Crippen molar-refractivity contribution in [2.24, 2.45) is 0 Å². The first-order valence-corrected chi connectivity index (χ1v) is 7.76. The van der Waals surface area contributed by atoms with Crippen LogP contribution < -0.4 is 5.32 Å². The Morgan fingerprint density at radius 2 is 2.19 bits per heavy atom. The molecule has 2 unspecified atom stereocenters. The summed E-state index contributed by atoms with van der Waals surface area (Å²) in [6.07, 6.45) is 2.28. The number of hydrogen-bond donors (Lipinski definition) is 2. The van der Waals surface area contributed by atoms with Gasteiger partial charge in [0.1, 0.15) is 12.1 Å². The molecule has 2 atom stereocenters. The molecule has 1 aromatic rings. The maximum Gasteiger partial charge on any atom is 0.325 e. The zero-order valence-electron chi connectivity index (χ0n) is 11.7. The molecule has 6 nitrogen and oxygen atoms in total. The average Bonchev–Trinajstić information content (AvgIpc) is 3.00. The number of nitrogens with zero attached hydrogens (tertiary/aromatic N) is 1. The van der Waals surface area contributed by atoms with Gasteiger partial charge in [0.15, 0.2) is 0 Å². The van der Waals surface area contributed by atoms with Crippen LogP contribution >= 0.6 is 11.3 Å². The third-order valence-electron chi connectivity index (χ3n) is 3.53. The molecule has 114 valence electrons. The number of rotatable bonds is 4. The molecule has 7 heteroatoms. The van der Waals surface area contributed by atoms with Crippen molar-refractivity contribution in [2.45, 2.75) is 38.3 Å². The summed E-state index contributed by atoms with van der Waals surface area (Å²) in [4.78, 5) is 37.6. The van der Waals surface area contributed by atoms with E-state index < -0.39 is 24.0 Å². The molecule has 2 heterocycles. The van der Waals surface area contributed by atoms with Gasteiger partial charge in [0.05, 0.1) is 4.88 Å². The molecule has 1 fully saturated rings. The van der Waals surface area contributed by atoms with Crippen molar-refractivity contribution in [3.63, 3.8) is 0 Å². The van der Waals surface area contributed by atoms with Crippen molar-refractivity contribution in [2.75, 3.05) is 6.54 Å². The summed E-state index contributed by atoms with van der Waals surface area (Å²) in [5.74, 6) is -1.64. The minimum atomic E-state index is -1.09. The van der Waals surface area contributed by atoms with Gasteiger partial charge in [-0.05, 0) is 37.6 Å². The lowest BCUT2D eigenvalue weighted by Crippen LogP contribution is -2.54. The molecule has 2 N–H and O–H groups in total. The van der Waals surface area contributed by atoms with Gasteiger partial charge in [0.25, 0.3) is 5.91 Å². The van der Waals surface area contributed by atoms with Crippen molar-refractivity contribution in [1.29, 1.82) is 0 Å². The zero-order chi connectivity index (χ0) is 15.4. The molecule has 0 aliphatic carbocycles. The second-order valence-electron chi connectivity index (χ2n) is 5.06. The van der Waals surface area contributed by atoms with E-state index in [1.54, 1.807) is 17.0 Å². The van der Waals surface area contributed by atoms with Crippen LogP contribution in [0.3, 0.4) is 0 Å². The third kappa shape index (κ3) is 3.60. The average molecular weight is 310 g/mol. The minimum absolute atomic E-state index is 0.159. The largest absolute Gasteiger partial charge is 0.480 e. The number of likely N-dealkylation sites (tertiary alicyclic amines) is 1. The number of aliphatic carboxylic acids is 1. The molecule has 1 aromatic heterocycles. The molecule has 0 saturated carbocycles. The highest BCUT2D eigenvalue weighted by molar-refractivity contribution is 7.12. The summed E-state index contributed by atoms with van der Waals surface area (Å²) in [7, 11) is 0. The van der Waals surface area contributed by atoms with Gasteiger partial charge in [0.2, 0.25) is 5.91 Å². The smallest absolute Gasteiger partial charge is 0.325 e. The van der Waals surface area contributed by atoms with Gasteiger partial charge in [-0.2, -0.15) is 0 Å². The normalized spacial score (nSPS) is 19.9. The second kappa shape index (κ2) is 6.71. The van der Waals surface area contributed by atoms with Crippen LogP contribution in [0.5, 0.6) is 0 Å². The van der Waals surface area contributed by atoms with E-state index in [0.29, 0.717) is 17.8 Å². The Hall–Kier alpha value is -1.89. The minimum Gasteiger partial charge on any atom is -0.480 e. The van der Waals surface area contributed by atoms with Crippen LogP contribution in [0.1, 0.15) is 35.9 Å². The Morgan fingerprint density at radius 3 is 2.81 bits per heavy atom. The number of nitrogens with one attached hydrogen (secondary N) is 1. The molecule has 1 saturated heterocycles. The van der Waals surface area contributed by atoms with E-state index in [4.69, 9.17) is 5.11 Å². The Kier molecular flexibility index (Phi) is 4.95. The van der Waals surface area contributed by atoms with Gasteiger partial charge in [-0.1, -0.05) is 6.07 Å². The lowest BCUT2D eigenvalue weighted by molar-refractivity contribution is -0.142. The van der Waals surface area contributed by atoms with E-state index in [9.17, 15) is 14.4 Å². The Bertz CT molecular complexity index is 529. The van der Waals surface area contributed by atoms with Crippen molar-refractivity contribution >= 4 is 29.1 Å². The van der Waals surface area contributed by atoms with Gasteiger partial charge in [-0.3, -0.25) is 14.4 Å². The highest BCUT2D eigenvalue weighted by Gasteiger charge is 2.34. The van der Waals surface area contributed by atoms with Gasteiger partial charge in [-0.25, -0.2) is 0 Å². The fourth-order valence-corrected chi connectivity index (χ4v) is 3.04. The van der Waals surface area contributed by atoms with Crippen LogP contribution in [0.25, 0.3) is 0 Å². The Labute approximate surface area is 126 Å². The van der Waals surface area contributed by atoms with E-state index in [-0.39, 0.29) is 5.91 Å². The van der Waals surface area contributed by atoms with Crippen LogP contribution in [0, 0.1) is 0 Å². The molecule has 2 rings (SSSR count). The molecule has 21 heavy (non-hydrogen) atoms. The highest BCUT2D eigenvalue weighted by atomic mass is 32.1. The zero-order valence-corrected chi connectivity index (χ0v) is 12.6. The van der Waals surface area contributed by atoms with Crippen molar-refractivity contribution < 1.29 is 19.5 Å². The van der Waals surface area contributed by atoms with E-state index in [0.717, 1.165) is 12.8 Å². The Balaban J connectivity index is 2.10. The van der Waals surface area contributed by atoms with Crippen LogP contribution in [0.15, 0.2) is 17.5 Å². The number of carboxylic acids is 1. The second-order valence-corrected chi connectivity index (χ2v) is 6.00. The van der Waals surface area contributed by atoms with Crippen LogP contribution in [0.4, 0.5) is 0 Å². The van der Waals surface area contributed by atoms with Gasteiger partial charge in [0, 0.05) is 6.54 Å². The lowest BCUT2D eigenvalue weighted by atomic mass is 10.0. The number of carbonyl (C=O) groups excluding carboxylic acids is 2. The molecular weight excluding hydrogens is 292 g/mol. The predicted octanol–water partition coefficient (Wildman–Crippen LogP) is 1.33. The number of piperidine rings is 1. The molecule has 1 aliphatic rings. The van der Waals surface area contributed by atoms with Gasteiger partial charge >= 0.3 is 5.97 Å². The van der Waals surface area contributed by atoms with Crippen LogP contribution in [-0.2, 0) is 9.59 Å². The van der Waals surface area contributed by atoms with E-state index in [1.165, 1.54) is 18.3 Å². The monoisotopic (exact) mass is 310 g/mol. The lowest BCUT2D eigenvalue weighted by Gasteiger charge is -2.34. The number of amides is 2. The fraction of sp³-hybridized carbons (Fsp3) is 0.500. The number of carbonyl (C=O) groups is 3. The summed E-state index contributed by atoms with van der Waals surface area (Å²) in [5.41, 5.74) is 0. The molecule has 0 aromatic carbocycles. The van der Waals surface area contributed by atoms with Gasteiger partial charge in [-0.15, -0.1) is 11.3 Å². The highest BCUT2D eigenvalue weighted by Crippen LogP contribution is 2.22. The first-order valence-electron chi connectivity index (χ1n) is 6.88. The summed E-state index contributed by atoms with van der Waals surface area (Å²) >= 11 is 1.34. The van der Waals surface area contributed by atoms with Gasteiger partial charge < -0.3 is 15.3 Å². The molecule has 0 spiro atoms. The topological polar surface area (TPSA) is 86.7 Å². The van der Waals surface area contributed by atoms with Crippen LogP contribution in [0.2, 0.25) is 0 Å². The summed E-state index contributed by atoms with van der Waals surface area (Å²) in [6, 6.07) is 1.98.